The molecule has 0 amide bonds. The molecule has 0 fully saturated rings. The number of benzene rings is 4. The Morgan fingerprint density at radius 2 is 1.47 bits per heavy atom. The first-order valence-electron chi connectivity index (χ1n) is 12.3. The molecule has 2 aromatic heterocycles. The van der Waals surface area contributed by atoms with Crippen molar-refractivity contribution in [1.29, 1.82) is 0 Å². The predicted octanol–water partition coefficient (Wildman–Crippen LogP) is 7.09. The molecule has 0 atom stereocenters. The fraction of sp³-hybridized carbons (Fsp3) is 0.0625. The number of rotatable bonds is 7. The van der Waals surface area contributed by atoms with E-state index in [1.165, 1.54) is 12.1 Å². The zero-order chi connectivity index (χ0) is 25.9. The lowest BCUT2D eigenvalue weighted by molar-refractivity contribution is -0.687. The summed E-state index contributed by atoms with van der Waals surface area (Å²) in [6.07, 6.45) is 3.85. The second kappa shape index (κ2) is 10.3. The summed E-state index contributed by atoms with van der Waals surface area (Å²) in [5, 5.41) is 0. The standard InChI is InChI=1S/C32H23F2N3O/c33-28-8-4-7-27(31(28)34)32-35-29-17-18-37(20-30(29)36-32)19-22-9-11-24(12-10-22)25-13-15-26(16-14-25)38-21-23-5-2-1-3-6-23/h1-18,20H,19,21H2/p+1. The first kappa shape index (κ1) is 23.6. The van der Waals surface area contributed by atoms with Crippen LogP contribution in [0.15, 0.2) is 116 Å². The van der Waals surface area contributed by atoms with Crippen LogP contribution < -0.4 is 9.30 Å². The minimum atomic E-state index is -0.908. The van der Waals surface area contributed by atoms with Crippen LogP contribution in [-0.4, -0.2) is 9.97 Å². The van der Waals surface area contributed by atoms with Crippen LogP contribution in [-0.2, 0) is 13.2 Å². The number of nitrogens with zero attached hydrogens (tertiary/aromatic N) is 2. The van der Waals surface area contributed by atoms with Crippen LogP contribution in [0.25, 0.3) is 33.5 Å². The SMILES string of the molecule is Fc1cccc(-c2nc3cc[n+](Cc4ccc(-c5ccc(OCc6ccccc6)cc5)cc4)cc3[nH]2)c1F. The number of imidazole rings is 1. The minimum absolute atomic E-state index is 0.110. The average Bonchev–Trinajstić information content (AvgIpc) is 3.38. The third-order valence-corrected chi connectivity index (χ3v) is 6.44. The van der Waals surface area contributed by atoms with Crippen molar-refractivity contribution in [1.82, 2.24) is 9.97 Å². The van der Waals surface area contributed by atoms with E-state index in [2.05, 4.69) is 46.4 Å². The van der Waals surface area contributed by atoms with E-state index in [0.717, 1.165) is 39.6 Å². The number of pyridine rings is 1. The molecule has 186 valence electrons. The number of halogens is 2. The van der Waals surface area contributed by atoms with Crippen molar-refractivity contribution in [3.05, 3.63) is 138 Å². The van der Waals surface area contributed by atoms with Crippen LogP contribution in [0.2, 0.25) is 0 Å². The second-order valence-electron chi connectivity index (χ2n) is 9.10. The molecule has 0 unspecified atom stereocenters. The van der Waals surface area contributed by atoms with Crippen LogP contribution in [0.4, 0.5) is 8.78 Å². The zero-order valence-electron chi connectivity index (χ0n) is 20.4. The third kappa shape index (κ3) is 5.02. The Morgan fingerprint density at radius 3 is 2.24 bits per heavy atom. The summed E-state index contributed by atoms with van der Waals surface area (Å²) in [5.74, 6) is -0.665. The van der Waals surface area contributed by atoms with E-state index in [0.29, 0.717) is 24.5 Å². The summed E-state index contributed by atoms with van der Waals surface area (Å²) in [6.45, 7) is 1.20. The summed E-state index contributed by atoms with van der Waals surface area (Å²) < 4.78 is 35.8. The van der Waals surface area contributed by atoms with Crippen molar-refractivity contribution in [2.75, 3.05) is 0 Å². The van der Waals surface area contributed by atoms with E-state index >= 15 is 0 Å². The quantitative estimate of drug-likeness (QED) is 0.236. The van der Waals surface area contributed by atoms with Crippen molar-refractivity contribution in [3.8, 4) is 28.3 Å². The maximum absolute atomic E-state index is 14.2. The van der Waals surface area contributed by atoms with E-state index < -0.39 is 11.6 Å². The van der Waals surface area contributed by atoms with Crippen LogP contribution in [0.5, 0.6) is 5.75 Å². The van der Waals surface area contributed by atoms with Crippen LogP contribution in [0, 0.1) is 11.6 Å². The fourth-order valence-electron chi connectivity index (χ4n) is 4.41. The first-order valence-corrected chi connectivity index (χ1v) is 12.3. The number of aromatic amines is 1. The van der Waals surface area contributed by atoms with Crippen LogP contribution in [0.3, 0.4) is 0 Å². The molecule has 6 rings (SSSR count). The highest BCUT2D eigenvalue weighted by atomic mass is 19.2. The maximum atomic E-state index is 14.2. The lowest BCUT2D eigenvalue weighted by atomic mass is 10.0. The van der Waals surface area contributed by atoms with Gasteiger partial charge in [-0.25, -0.2) is 13.8 Å². The van der Waals surface area contributed by atoms with Gasteiger partial charge in [-0.3, -0.25) is 0 Å². The first-order chi connectivity index (χ1) is 18.6. The molecule has 38 heavy (non-hydrogen) atoms. The Bertz CT molecular complexity index is 1700. The highest BCUT2D eigenvalue weighted by molar-refractivity contribution is 5.77. The van der Waals surface area contributed by atoms with Crippen molar-refractivity contribution in [2.24, 2.45) is 0 Å². The smallest absolute Gasteiger partial charge is 0.195 e. The monoisotopic (exact) mass is 504 g/mol. The molecular weight excluding hydrogens is 480 g/mol. The van der Waals surface area contributed by atoms with Gasteiger partial charge in [0.05, 0.1) is 5.56 Å². The number of ether oxygens (including phenoxy) is 1. The predicted molar refractivity (Wildman–Crippen MR) is 143 cm³/mol. The van der Waals surface area contributed by atoms with E-state index in [9.17, 15) is 8.78 Å². The fourth-order valence-corrected chi connectivity index (χ4v) is 4.41. The van der Waals surface area contributed by atoms with Crippen molar-refractivity contribution < 1.29 is 18.1 Å². The molecular formula is C32H24F2N3O+. The van der Waals surface area contributed by atoms with Gasteiger partial charge >= 0.3 is 0 Å². The van der Waals surface area contributed by atoms with E-state index in [-0.39, 0.29) is 5.56 Å². The van der Waals surface area contributed by atoms with Gasteiger partial charge in [0.15, 0.2) is 30.6 Å². The molecule has 0 saturated heterocycles. The number of hydrogen-bond acceptors (Lipinski definition) is 2. The number of nitrogens with one attached hydrogen (secondary N) is 1. The number of fused-ring (bicyclic) bond motifs is 1. The molecule has 0 aliphatic carbocycles. The molecule has 0 aliphatic rings. The average molecular weight is 505 g/mol. The molecule has 6 heteroatoms. The zero-order valence-corrected chi connectivity index (χ0v) is 20.4. The molecule has 0 bridgehead atoms. The maximum Gasteiger partial charge on any atom is 0.195 e. The Hall–Kier alpha value is -4.84. The lowest BCUT2D eigenvalue weighted by Gasteiger charge is -2.08. The highest BCUT2D eigenvalue weighted by Crippen LogP contribution is 2.25. The Labute approximate surface area is 218 Å². The Morgan fingerprint density at radius 1 is 0.737 bits per heavy atom. The van der Waals surface area contributed by atoms with E-state index in [1.807, 2.05) is 65.5 Å². The van der Waals surface area contributed by atoms with Crippen molar-refractivity contribution in [3.63, 3.8) is 0 Å². The topological polar surface area (TPSA) is 41.8 Å². The lowest BCUT2D eigenvalue weighted by Crippen LogP contribution is -2.33. The second-order valence-corrected chi connectivity index (χ2v) is 9.10. The number of H-pyrrole nitrogens is 1. The third-order valence-electron chi connectivity index (χ3n) is 6.44. The molecule has 4 nitrogen and oxygen atoms in total. The van der Waals surface area contributed by atoms with Gasteiger partial charge < -0.3 is 9.72 Å². The molecule has 4 aromatic carbocycles. The van der Waals surface area contributed by atoms with Gasteiger partial charge in [-0.15, -0.1) is 0 Å². The van der Waals surface area contributed by atoms with Gasteiger partial charge in [0, 0.05) is 11.6 Å². The molecule has 1 N–H and O–H groups in total. The van der Waals surface area contributed by atoms with Crippen LogP contribution in [0.1, 0.15) is 11.1 Å². The molecule has 6 aromatic rings. The van der Waals surface area contributed by atoms with Gasteiger partial charge in [0.25, 0.3) is 0 Å². The molecule has 0 saturated carbocycles. The van der Waals surface area contributed by atoms with E-state index in [4.69, 9.17) is 4.74 Å². The highest BCUT2D eigenvalue weighted by Gasteiger charge is 2.15. The van der Waals surface area contributed by atoms with Gasteiger partial charge in [-0.2, -0.15) is 4.57 Å². The van der Waals surface area contributed by atoms with Gasteiger partial charge in [-0.1, -0.05) is 72.8 Å². The van der Waals surface area contributed by atoms with Crippen LogP contribution >= 0.6 is 0 Å². The van der Waals surface area contributed by atoms with Crippen molar-refractivity contribution >= 4 is 11.0 Å². The molecule has 0 spiro atoms. The Balaban J connectivity index is 1.13. The van der Waals surface area contributed by atoms with Gasteiger partial charge in [0.2, 0.25) is 0 Å². The van der Waals surface area contributed by atoms with Gasteiger partial charge in [-0.05, 0) is 41.0 Å². The normalized spacial score (nSPS) is 11.1. The summed E-state index contributed by atoms with van der Waals surface area (Å²) in [4.78, 5) is 7.54. The van der Waals surface area contributed by atoms with Gasteiger partial charge in [0.1, 0.15) is 29.2 Å². The van der Waals surface area contributed by atoms with Crippen molar-refractivity contribution in [2.45, 2.75) is 13.2 Å². The molecule has 0 radical (unpaired) electrons. The summed E-state index contributed by atoms with van der Waals surface area (Å²) in [6, 6.07) is 32.6. The van der Waals surface area contributed by atoms with E-state index in [1.54, 1.807) is 0 Å². The minimum Gasteiger partial charge on any atom is -0.489 e. The summed E-state index contributed by atoms with van der Waals surface area (Å²) >= 11 is 0. The Kier molecular flexibility index (Phi) is 6.36. The number of aromatic nitrogens is 3. The number of hydrogen-bond donors (Lipinski definition) is 1. The molecule has 2 heterocycles. The largest absolute Gasteiger partial charge is 0.489 e. The summed E-state index contributed by atoms with van der Waals surface area (Å²) in [5.41, 5.74) is 6.06. The summed E-state index contributed by atoms with van der Waals surface area (Å²) in [7, 11) is 0. The molecule has 0 aliphatic heterocycles.